The van der Waals surface area contributed by atoms with E-state index in [-0.39, 0.29) is 66.7 Å². The predicted octanol–water partition coefficient (Wildman–Crippen LogP) is 4.49. The second-order valence-corrected chi connectivity index (χ2v) is 9.13. The zero-order valence-corrected chi connectivity index (χ0v) is 24.4. The molecule has 9 heteroatoms. The number of ether oxygens (including phenoxy) is 2. The number of carbonyl (C=O) groups is 2. The van der Waals surface area contributed by atoms with E-state index in [1.165, 1.54) is 24.3 Å². The van der Waals surface area contributed by atoms with E-state index in [2.05, 4.69) is 10.6 Å². The molecule has 0 bridgehead atoms. The van der Waals surface area contributed by atoms with E-state index >= 15 is 0 Å². The van der Waals surface area contributed by atoms with Gasteiger partial charge in [-0.05, 0) is 130 Å². The second-order valence-electron chi connectivity index (χ2n) is 9.13. The Bertz CT molecular complexity index is 1180. The fourth-order valence-electron chi connectivity index (χ4n) is 3.90. The molecular weight excluding hydrogens is 588 g/mol. The minimum Gasteiger partial charge on any atom is -0.508 e. The van der Waals surface area contributed by atoms with Crippen molar-refractivity contribution >= 4 is 11.8 Å². The first kappa shape index (κ1) is 33.8. The van der Waals surface area contributed by atoms with Crippen LogP contribution in [-0.4, -0.2) is 48.3 Å². The molecule has 0 aromatic heterocycles. The van der Waals surface area contributed by atoms with E-state index in [1.54, 1.807) is 42.5 Å². The van der Waals surface area contributed by atoms with Crippen molar-refractivity contribution in [3.05, 3.63) is 147 Å². The normalized spacial score (nSPS) is 14.1. The topological polar surface area (TPSA) is 117 Å². The van der Waals surface area contributed by atoms with Crippen molar-refractivity contribution in [1.82, 2.24) is 10.6 Å². The summed E-state index contributed by atoms with van der Waals surface area (Å²) < 4.78 is 11.1. The van der Waals surface area contributed by atoms with Crippen LogP contribution in [0.5, 0.6) is 23.0 Å². The van der Waals surface area contributed by atoms with Crippen LogP contribution in [0.15, 0.2) is 66.7 Å². The number of carbonyl (C=O) groups excluding carboxylic acids is 2. The summed E-state index contributed by atoms with van der Waals surface area (Å²) in [5.41, 5.74) is 1.46. The quantitative estimate of drug-likeness (QED) is 0.186. The summed E-state index contributed by atoms with van der Waals surface area (Å²) in [6.07, 6.45) is 17.6. The first-order valence-corrected chi connectivity index (χ1v) is 13.4. The number of nitrogens with one attached hydrogen (secondary N) is 2. The van der Waals surface area contributed by atoms with Crippen molar-refractivity contribution in [3.63, 3.8) is 0 Å². The van der Waals surface area contributed by atoms with Crippen LogP contribution in [0.4, 0.5) is 0 Å². The number of benzene rings is 3. The molecule has 0 spiro atoms. The molecule has 3 aromatic carbocycles. The Morgan fingerprint density at radius 1 is 0.581 bits per heavy atom. The first-order chi connectivity index (χ1) is 20.5. The van der Waals surface area contributed by atoms with Gasteiger partial charge < -0.3 is 30.3 Å². The molecule has 0 atom stereocenters. The third-order valence-corrected chi connectivity index (χ3v) is 6.00. The maximum atomic E-state index is 12.9. The molecule has 4 N–H and O–H groups in total. The number of rotatable bonds is 11. The number of phenols is 2. The molecule has 2 aliphatic carbocycles. The van der Waals surface area contributed by atoms with Gasteiger partial charge in [0.1, 0.15) is 36.2 Å². The Kier molecular flexibility index (Phi) is 14.2. The smallest absolute Gasteiger partial charge is 0.508 e. The van der Waals surface area contributed by atoms with Gasteiger partial charge in [-0.1, -0.05) is 0 Å². The van der Waals surface area contributed by atoms with Crippen LogP contribution in [-0.2, 0) is 17.1 Å². The average molecular weight is 620 g/mol. The van der Waals surface area contributed by atoms with Gasteiger partial charge in [0.05, 0.1) is 13.1 Å². The summed E-state index contributed by atoms with van der Waals surface area (Å²) in [7, 11) is 0. The summed E-state index contributed by atoms with van der Waals surface area (Å²) in [5.74, 6) is 1.71. The Morgan fingerprint density at radius 2 is 0.977 bits per heavy atom. The maximum absolute atomic E-state index is 12.9. The van der Waals surface area contributed by atoms with Crippen molar-refractivity contribution in [2.24, 2.45) is 0 Å². The standard InChI is InChI=1S/C29H27N2O6.C5H5.Fe/c32-24-5-9-26(10-6-24)36-15-13-30-28(34)22-17-21(20-3-1-2-4-20)18-23(19-22)29(35)31-14-16-37-27-11-7-25(33)8-12-27;1-2-4-5-3-1;/h1-12,17-19,32-33H,13-16H2,(H,30,34)(H,31,35);1-5H;/q;;+2. The second kappa shape index (κ2) is 18.1. The van der Waals surface area contributed by atoms with E-state index in [9.17, 15) is 19.8 Å². The molecule has 0 aliphatic heterocycles. The van der Waals surface area contributed by atoms with Crippen molar-refractivity contribution in [3.8, 4) is 23.0 Å². The van der Waals surface area contributed by atoms with Gasteiger partial charge in [-0.15, -0.1) is 0 Å². The van der Waals surface area contributed by atoms with Crippen molar-refractivity contribution in [2.75, 3.05) is 26.3 Å². The van der Waals surface area contributed by atoms with Gasteiger partial charge in [0.15, 0.2) is 0 Å². The number of amides is 2. The predicted molar refractivity (Wildman–Crippen MR) is 159 cm³/mol. The number of hydrogen-bond donors (Lipinski definition) is 4. The molecular formula is C34H32FeN2O6+2. The number of phenolic OH excluding ortho intramolecular Hbond substituents is 2. The maximum Gasteiger partial charge on any atom is 2.00 e. The van der Waals surface area contributed by atoms with E-state index in [1.807, 2.05) is 57.8 Å². The number of hydrogen-bond acceptors (Lipinski definition) is 6. The molecule has 2 saturated carbocycles. The summed E-state index contributed by atoms with van der Waals surface area (Å²) in [5, 5.41) is 24.3. The van der Waals surface area contributed by atoms with E-state index < -0.39 is 0 Å². The summed E-state index contributed by atoms with van der Waals surface area (Å²) in [6, 6.07) is 17.7. The molecule has 8 nitrogen and oxygen atoms in total. The molecule has 5 rings (SSSR count). The summed E-state index contributed by atoms with van der Waals surface area (Å²) >= 11 is 0. The number of aromatic hydroxyl groups is 2. The molecule has 10 radical (unpaired) electrons. The van der Waals surface area contributed by atoms with E-state index in [0.717, 1.165) is 11.5 Å². The SMILES string of the molecule is O=C(NCCOc1ccc(O)cc1)c1cc([C]2[CH][CH][CH][CH]2)cc(C(=O)NCCOc2ccc(O)cc2)c1.[CH]1[CH][CH][CH][CH]1.[Fe+2]. The summed E-state index contributed by atoms with van der Waals surface area (Å²) in [6.45, 7) is 1.01. The van der Waals surface area contributed by atoms with Gasteiger partial charge in [0, 0.05) is 17.0 Å². The van der Waals surface area contributed by atoms with Crippen LogP contribution in [0.2, 0.25) is 0 Å². The molecule has 0 saturated heterocycles. The van der Waals surface area contributed by atoms with Crippen molar-refractivity contribution in [1.29, 1.82) is 0 Å². The van der Waals surface area contributed by atoms with Crippen LogP contribution in [0.25, 0.3) is 0 Å². The average Bonchev–Trinajstić information content (AvgIpc) is 3.77. The van der Waals surface area contributed by atoms with Gasteiger partial charge >= 0.3 is 17.1 Å². The zero-order valence-electron chi connectivity index (χ0n) is 23.3. The molecule has 2 amide bonds. The Morgan fingerprint density at radius 3 is 1.37 bits per heavy atom. The van der Waals surface area contributed by atoms with Crippen molar-refractivity contribution in [2.45, 2.75) is 0 Å². The molecule has 2 aliphatic rings. The van der Waals surface area contributed by atoms with Gasteiger partial charge in [-0.25, -0.2) is 0 Å². The minimum atomic E-state index is -0.326. The van der Waals surface area contributed by atoms with Gasteiger partial charge in [0.25, 0.3) is 11.8 Å². The van der Waals surface area contributed by atoms with E-state index in [4.69, 9.17) is 9.47 Å². The Hall–Kier alpha value is -3.68. The van der Waals surface area contributed by atoms with Crippen LogP contribution in [0.1, 0.15) is 26.3 Å². The molecule has 0 heterocycles. The zero-order chi connectivity index (χ0) is 29.6. The van der Waals surface area contributed by atoms with Crippen molar-refractivity contribution < 1.29 is 46.3 Å². The fraction of sp³-hybridized carbons (Fsp3) is 0.118. The summed E-state index contributed by atoms with van der Waals surface area (Å²) in [4.78, 5) is 25.7. The fourth-order valence-corrected chi connectivity index (χ4v) is 3.90. The Labute approximate surface area is 264 Å². The van der Waals surface area contributed by atoms with E-state index in [0.29, 0.717) is 22.6 Å². The molecule has 3 aromatic rings. The third-order valence-electron chi connectivity index (χ3n) is 6.00. The molecule has 0 unspecified atom stereocenters. The van der Waals surface area contributed by atoms with Crippen LogP contribution in [0, 0.1) is 63.7 Å². The minimum absolute atomic E-state index is 0. The van der Waals surface area contributed by atoms with Gasteiger partial charge in [0.2, 0.25) is 0 Å². The van der Waals surface area contributed by atoms with Gasteiger partial charge in [-0.3, -0.25) is 9.59 Å². The van der Waals surface area contributed by atoms with Crippen LogP contribution < -0.4 is 20.1 Å². The molecule has 43 heavy (non-hydrogen) atoms. The van der Waals surface area contributed by atoms with Crippen LogP contribution >= 0.6 is 0 Å². The monoisotopic (exact) mass is 620 g/mol. The van der Waals surface area contributed by atoms with Crippen LogP contribution in [0.3, 0.4) is 0 Å². The largest absolute Gasteiger partial charge is 2.00 e. The molecule has 2 fully saturated rings. The molecule has 220 valence electrons. The first-order valence-electron chi connectivity index (χ1n) is 13.4. The third kappa shape index (κ3) is 11.5. The Balaban J connectivity index is 0.000000765. The van der Waals surface area contributed by atoms with Gasteiger partial charge in [-0.2, -0.15) is 0 Å².